The van der Waals surface area contributed by atoms with Gasteiger partial charge in [-0.25, -0.2) is 0 Å². The summed E-state index contributed by atoms with van der Waals surface area (Å²) in [5, 5.41) is 3.29. The van der Waals surface area contributed by atoms with Crippen molar-refractivity contribution >= 4 is 5.69 Å². The van der Waals surface area contributed by atoms with E-state index in [-0.39, 0.29) is 11.8 Å². The molecule has 0 aliphatic carbocycles. The molecule has 0 atom stereocenters. The lowest BCUT2D eigenvalue weighted by atomic mass is 9.93. The van der Waals surface area contributed by atoms with Crippen LogP contribution < -0.4 is 10.1 Å². The third-order valence-electron chi connectivity index (χ3n) is 2.86. The van der Waals surface area contributed by atoms with Crippen LogP contribution in [-0.2, 0) is 0 Å². The Morgan fingerprint density at radius 2 is 1.56 bits per heavy atom. The average Bonchev–Trinajstić information content (AvgIpc) is 2.26. The first-order chi connectivity index (χ1) is 8.41. The second-order valence-corrected chi connectivity index (χ2v) is 5.03. The molecule has 0 saturated heterocycles. The Bertz CT molecular complexity index is 359. The van der Waals surface area contributed by atoms with Gasteiger partial charge in [0.05, 0.1) is 5.69 Å². The van der Waals surface area contributed by atoms with E-state index in [2.05, 4.69) is 37.7 Å². The SMILES string of the molecule is CC(C)C(Nc1ccccc1OC(F)F)C(C)C. The summed E-state index contributed by atoms with van der Waals surface area (Å²) < 4.78 is 29.1. The third-order valence-corrected chi connectivity index (χ3v) is 2.86. The van der Waals surface area contributed by atoms with Crippen molar-refractivity contribution in [3.8, 4) is 5.75 Å². The highest BCUT2D eigenvalue weighted by atomic mass is 19.3. The van der Waals surface area contributed by atoms with Crippen LogP contribution >= 0.6 is 0 Å². The number of hydrogen-bond acceptors (Lipinski definition) is 2. The molecule has 2 nitrogen and oxygen atoms in total. The van der Waals surface area contributed by atoms with Crippen molar-refractivity contribution in [2.75, 3.05) is 5.32 Å². The van der Waals surface area contributed by atoms with E-state index in [4.69, 9.17) is 0 Å². The second kappa shape index (κ2) is 6.57. The number of benzene rings is 1. The fourth-order valence-electron chi connectivity index (χ4n) is 2.07. The number of para-hydroxylation sites is 2. The molecule has 0 aliphatic heterocycles. The number of alkyl halides is 2. The van der Waals surface area contributed by atoms with Crippen molar-refractivity contribution in [1.82, 2.24) is 0 Å². The largest absolute Gasteiger partial charge is 0.433 e. The van der Waals surface area contributed by atoms with Crippen molar-refractivity contribution < 1.29 is 13.5 Å². The number of nitrogens with one attached hydrogen (secondary N) is 1. The fraction of sp³-hybridized carbons (Fsp3) is 0.571. The molecule has 0 amide bonds. The molecule has 0 radical (unpaired) electrons. The number of anilines is 1. The number of ether oxygens (including phenoxy) is 1. The molecule has 0 fully saturated rings. The molecule has 0 aliphatic rings. The highest BCUT2D eigenvalue weighted by Gasteiger charge is 2.19. The first-order valence-corrected chi connectivity index (χ1v) is 6.22. The summed E-state index contributed by atoms with van der Waals surface area (Å²) in [5.41, 5.74) is 0.616. The van der Waals surface area contributed by atoms with Crippen molar-refractivity contribution in [3.63, 3.8) is 0 Å². The molecular formula is C14H21F2NO. The fourth-order valence-corrected chi connectivity index (χ4v) is 2.07. The molecular weight excluding hydrogens is 236 g/mol. The summed E-state index contributed by atoms with van der Waals surface area (Å²) in [4.78, 5) is 0. The summed E-state index contributed by atoms with van der Waals surface area (Å²) in [5.74, 6) is 1.01. The van der Waals surface area contributed by atoms with Crippen LogP contribution in [0.25, 0.3) is 0 Å². The molecule has 0 heterocycles. The smallest absolute Gasteiger partial charge is 0.387 e. The van der Waals surface area contributed by atoms with Crippen LogP contribution in [0.15, 0.2) is 24.3 Å². The summed E-state index contributed by atoms with van der Waals surface area (Å²) >= 11 is 0. The van der Waals surface area contributed by atoms with Crippen molar-refractivity contribution in [2.24, 2.45) is 11.8 Å². The van der Waals surface area contributed by atoms with Crippen LogP contribution in [0.1, 0.15) is 27.7 Å². The first kappa shape index (κ1) is 14.7. The van der Waals surface area contributed by atoms with Crippen LogP contribution in [0.4, 0.5) is 14.5 Å². The molecule has 1 N–H and O–H groups in total. The zero-order valence-corrected chi connectivity index (χ0v) is 11.3. The van der Waals surface area contributed by atoms with E-state index < -0.39 is 6.61 Å². The van der Waals surface area contributed by atoms with Gasteiger partial charge in [0, 0.05) is 6.04 Å². The Labute approximate surface area is 107 Å². The highest BCUT2D eigenvalue weighted by Crippen LogP contribution is 2.28. The van der Waals surface area contributed by atoms with Crippen molar-refractivity contribution in [3.05, 3.63) is 24.3 Å². The van der Waals surface area contributed by atoms with Gasteiger partial charge in [0.15, 0.2) is 0 Å². The summed E-state index contributed by atoms with van der Waals surface area (Å²) in [6, 6.07) is 7.01. The third kappa shape index (κ3) is 4.17. The van der Waals surface area contributed by atoms with Gasteiger partial charge >= 0.3 is 6.61 Å². The van der Waals surface area contributed by atoms with Crippen LogP contribution in [0.3, 0.4) is 0 Å². The molecule has 4 heteroatoms. The minimum Gasteiger partial charge on any atom is -0.433 e. The Kier molecular flexibility index (Phi) is 5.38. The zero-order valence-electron chi connectivity index (χ0n) is 11.3. The maximum absolute atomic E-state index is 12.3. The van der Waals surface area contributed by atoms with Gasteiger partial charge in [0.2, 0.25) is 0 Å². The lowest BCUT2D eigenvalue weighted by Gasteiger charge is -2.28. The molecule has 0 saturated carbocycles. The van der Waals surface area contributed by atoms with Gasteiger partial charge in [-0.05, 0) is 24.0 Å². The zero-order chi connectivity index (χ0) is 13.7. The van der Waals surface area contributed by atoms with Gasteiger partial charge in [-0.15, -0.1) is 0 Å². The van der Waals surface area contributed by atoms with E-state index >= 15 is 0 Å². The van der Waals surface area contributed by atoms with Crippen LogP contribution in [0, 0.1) is 11.8 Å². The lowest BCUT2D eigenvalue weighted by Crippen LogP contribution is -2.31. The van der Waals surface area contributed by atoms with Crippen molar-refractivity contribution in [2.45, 2.75) is 40.3 Å². The van der Waals surface area contributed by atoms with Crippen LogP contribution in [-0.4, -0.2) is 12.7 Å². The molecule has 0 bridgehead atoms. The quantitative estimate of drug-likeness (QED) is 0.816. The van der Waals surface area contributed by atoms with E-state index in [0.29, 0.717) is 17.5 Å². The second-order valence-electron chi connectivity index (χ2n) is 5.03. The Hall–Kier alpha value is -1.32. The summed E-state index contributed by atoms with van der Waals surface area (Å²) in [6.07, 6.45) is 0. The Morgan fingerprint density at radius 3 is 2.06 bits per heavy atom. The van der Waals surface area contributed by atoms with E-state index in [1.165, 1.54) is 0 Å². The van der Waals surface area contributed by atoms with Gasteiger partial charge < -0.3 is 10.1 Å². The predicted molar refractivity (Wildman–Crippen MR) is 70.2 cm³/mol. The van der Waals surface area contributed by atoms with E-state index in [9.17, 15) is 8.78 Å². The summed E-state index contributed by atoms with van der Waals surface area (Å²) in [7, 11) is 0. The first-order valence-electron chi connectivity index (χ1n) is 6.22. The van der Waals surface area contributed by atoms with Gasteiger partial charge in [0.1, 0.15) is 5.75 Å². The Morgan fingerprint density at radius 1 is 1.00 bits per heavy atom. The standard InChI is InChI=1S/C14H21F2NO/c1-9(2)13(10(3)4)17-11-7-5-6-8-12(11)18-14(15)16/h5-10,13-14,17H,1-4H3. The molecule has 0 aromatic heterocycles. The minimum absolute atomic E-state index is 0.193. The predicted octanol–water partition coefficient (Wildman–Crippen LogP) is 4.38. The van der Waals surface area contributed by atoms with Gasteiger partial charge in [-0.1, -0.05) is 39.8 Å². The molecule has 1 aromatic carbocycles. The molecule has 0 unspecified atom stereocenters. The topological polar surface area (TPSA) is 21.3 Å². The number of halogens is 2. The lowest BCUT2D eigenvalue weighted by molar-refractivity contribution is -0.0494. The van der Waals surface area contributed by atoms with Gasteiger partial charge in [-0.2, -0.15) is 8.78 Å². The number of rotatable bonds is 6. The minimum atomic E-state index is -2.80. The van der Waals surface area contributed by atoms with Crippen LogP contribution in [0.2, 0.25) is 0 Å². The average molecular weight is 257 g/mol. The van der Waals surface area contributed by atoms with E-state index in [1.807, 2.05) is 0 Å². The Balaban J connectivity index is 2.88. The molecule has 0 spiro atoms. The molecule has 1 aromatic rings. The monoisotopic (exact) mass is 257 g/mol. The maximum atomic E-state index is 12.3. The normalized spacial score (nSPS) is 11.7. The highest BCUT2D eigenvalue weighted by molar-refractivity contribution is 5.56. The van der Waals surface area contributed by atoms with E-state index in [1.54, 1.807) is 24.3 Å². The molecule has 1 rings (SSSR count). The van der Waals surface area contributed by atoms with Crippen LogP contribution in [0.5, 0.6) is 5.75 Å². The van der Waals surface area contributed by atoms with Gasteiger partial charge in [-0.3, -0.25) is 0 Å². The maximum Gasteiger partial charge on any atom is 0.387 e. The molecule has 102 valence electrons. The van der Waals surface area contributed by atoms with Gasteiger partial charge in [0.25, 0.3) is 0 Å². The van der Waals surface area contributed by atoms with Crippen molar-refractivity contribution in [1.29, 1.82) is 0 Å². The molecule has 18 heavy (non-hydrogen) atoms. The number of hydrogen-bond donors (Lipinski definition) is 1. The van der Waals surface area contributed by atoms with E-state index in [0.717, 1.165) is 0 Å². The summed E-state index contributed by atoms with van der Waals surface area (Å²) in [6.45, 7) is 5.62.